The highest BCUT2D eigenvalue weighted by Crippen LogP contribution is 2.24. The van der Waals surface area contributed by atoms with Crippen LogP contribution in [0.1, 0.15) is 16.7 Å². The highest BCUT2D eigenvalue weighted by Gasteiger charge is 2.19. The Morgan fingerprint density at radius 2 is 1.65 bits per heavy atom. The van der Waals surface area contributed by atoms with Crippen molar-refractivity contribution in [3.63, 3.8) is 0 Å². The van der Waals surface area contributed by atoms with Gasteiger partial charge in [-0.05, 0) is 38.9 Å². The standard InChI is InChI=1S/C16H24N2O2/c1-12-9-13(2)16(14(3)10-12)20-11-15(19)18-7-5-17(4)6-8-18/h9-10H,5-8,11H2,1-4H3. The van der Waals surface area contributed by atoms with Crippen LogP contribution in [0.4, 0.5) is 0 Å². The van der Waals surface area contributed by atoms with Crippen molar-refractivity contribution in [3.8, 4) is 5.75 Å². The van der Waals surface area contributed by atoms with Gasteiger partial charge in [0.25, 0.3) is 5.91 Å². The zero-order chi connectivity index (χ0) is 14.7. The Morgan fingerprint density at radius 1 is 1.10 bits per heavy atom. The van der Waals surface area contributed by atoms with Gasteiger partial charge in [0, 0.05) is 26.2 Å². The number of ether oxygens (including phenoxy) is 1. The van der Waals surface area contributed by atoms with Crippen LogP contribution in [0.15, 0.2) is 12.1 Å². The Hall–Kier alpha value is -1.55. The molecule has 0 radical (unpaired) electrons. The van der Waals surface area contributed by atoms with Crippen molar-refractivity contribution in [2.45, 2.75) is 20.8 Å². The maximum Gasteiger partial charge on any atom is 0.260 e. The van der Waals surface area contributed by atoms with Gasteiger partial charge in [0.15, 0.2) is 6.61 Å². The minimum atomic E-state index is 0.0810. The number of benzene rings is 1. The third kappa shape index (κ3) is 3.51. The largest absolute Gasteiger partial charge is 0.483 e. The molecular formula is C16H24N2O2. The number of aryl methyl sites for hydroxylation is 3. The van der Waals surface area contributed by atoms with Gasteiger partial charge in [-0.25, -0.2) is 0 Å². The predicted octanol–water partition coefficient (Wildman–Crippen LogP) is 1.76. The first-order chi connectivity index (χ1) is 9.47. The van der Waals surface area contributed by atoms with Gasteiger partial charge in [-0.15, -0.1) is 0 Å². The summed E-state index contributed by atoms with van der Waals surface area (Å²) in [6.45, 7) is 9.72. The molecule has 1 aliphatic heterocycles. The fourth-order valence-corrected chi connectivity index (χ4v) is 2.68. The minimum Gasteiger partial charge on any atom is -0.483 e. The van der Waals surface area contributed by atoms with Crippen LogP contribution >= 0.6 is 0 Å². The normalized spacial score (nSPS) is 16.3. The Kier molecular flexibility index (Phi) is 4.65. The fraction of sp³-hybridized carbons (Fsp3) is 0.562. The molecule has 1 aromatic carbocycles. The van der Waals surface area contributed by atoms with Crippen LogP contribution in [0.25, 0.3) is 0 Å². The molecule has 4 nitrogen and oxygen atoms in total. The molecule has 20 heavy (non-hydrogen) atoms. The van der Waals surface area contributed by atoms with Gasteiger partial charge >= 0.3 is 0 Å². The van der Waals surface area contributed by atoms with E-state index in [1.54, 1.807) is 0 Å². The molecule has 0 bridgehead atoms. The molecule has 1 fully saturated rings. The van der Waals surface area contributed by atoms with E-state index in [4.69, 9.17) is 4.74 Å². The highest BCUT2D eigenvalue weighted by molar-refractivity contribution is 5.78. The van der Waals surface area contributed by atoms with Crippen LogP contribution < -0.4 is 4.74 Å². The van der Waals surface area contributed by atoms with E-state index < -0.39 is 0 Å². The first-order valence-electron chi connectivity index (χ1n) is 7.14. The molecule has 1 saturated heterocycles. The molecule has 110 valence electrons. The Labute approximate surface area is 121 Å². The molecule has 1 aromatic rings. The molecule has 2 rings (SSSR count). The number of carbonyl (C=O) groups excluding carboxylic acids is 1. The zero-order valence-corrected chi connectivity index (χ0v) is 12.9. The van der Waals surface area contributed by atoms with Crippen molar-refractivity contribution < 1.29 is 9.53 Å². The summed E-state index contributed by atoms with van der Waals surface area (Å²) in [5.74, 6) is 0.926. The second-order valence-corrected chi connectivity index (χ2v) is 5.70. The summed E-state index contributed by atoms with van der Waals surface area (Å²) in [5, 5.41) is 0. The summed E-state index contributed by atoms with van der Waals surface area (Å²) in [6.07, 6.45) is 0. The van der Waals surface area contributed by atoms with Gasteiger partial charge in [-0.2, -0.15) is 0 Å². The number of piperazine rings is 1. The molecule has 0 N–H and O–H groups in total. The van der Waals surface area contributed by atoms with Gasteiger partial charge in [-0.1, -0.05) is 17.7 Å². The number of hydrogen-bond donors (Lipinski definition) is 0. The van der Waals surface area contributed by atoms with E-state index in [9.17, 15) is 4.79 Å². The van der Waals surface area contributed by atoms with E-state index in [2.05, 4.69) is 31.0 Å². The van der Waals surface area contributed by atoms with Crippen LogP contribution in [-0.4, -0.2) is 55.5 Å². The smallest absolute Gasteiger partial charge is 0.260 e. The molecule has 1 amide bonds. The minimum absolute atomic E-state index is 0.0810. The number of hydrogen-bond acceptors (Lipinski definition) is 3. The third-order valence-corrected chi connectivity index (χ3v) is 3.80. The summed E-state index contributed by atoms with van der Waals surface area (Å²) in [7, 11) is 2.08. The lowest BCUT2D eigenvalue weighted by molar-refractivity contribution is -0.134. The maximum absolute atomic E-state index is 12.2. The summed E-state index contributed by atoms with van der Waals surface area (Å²) in [5.41, 5.74) is 3.40. The number of carbonyl (C=O) groups is 1. The number of likely N-dealkylation sites (N-methyl/N-ethyl adjacent to an activating group) is 1. The van der Waals surface area contributed by atoms with Crippen LogP contribution in [0, 0.1) is 20.8 Å². The highest BCUT2D eigenvalue weighted by atomic mass is 16.5. The van der Waals surface area contributed by atoms with Crippen LogP contribution in [0.3, 0.4) is 0 Å². The predicted molar refractivity (Wildman–Crippen MR) is 80.2 cm³/mol. The van der Waals surface area contributed by atoms with E-state index in [-0.39, 0.29) is 12.5 Å². The lowest BCUT2D eigenvalue weighted by atomic mass is 10.1. The molecule has 1 aliphatic rings. The lowest BCUT2D eigenvalue weighted by Crippen LogP contribution is -2.48. The van der Waals surface area contributed by atoms with Crippen molar-refractivity contribution in [2.75, 3.05) is 39.8 Å². The average Bonchev–Trinajstić information content (AvgIpc) is 2.38. The van der Waals surface area contributed by atoms with Crippen molar-refractivity contribution in [1.82, 2.24) is 9.80 Å². The van der Waals surface area contributed by atoms with Crippen molar-refractivity contribution in [1.29, 1.82) is 0 Å². The summed E-state index contributed by atoms with van der Waals surface area (Å²) >= 11 is 0. The summed E-state index contributed by atoms with van der Waals surface area (Å²) in [4.78, 5) is 16.3. The molecule has 0 unspecified atom stereocenters. The number of rotatable bonds is 3. The van der Waals surface area contributed by atoms with Crippen molar-refractivity contribution in [2.24, 2.45) is 0 Å². The average molecular weight is 276 g/mol. The molecule has 0 spiro atoms. The Bertz CT molecular complexity index is 468. The molecular weight excluding hydrogens is 252 g/mol. The van der Waals surface area contributed by atoms with Gasteiger partial charge < -0.3 is 14.5 Å². The molecule has 4 heteroatoms. The van der Waals surface area contributed by atoms with Crippen molar-refractivity contribution >= 4 is 5.91 Å². The first kappa shape index (κ1) is 14.9. The first-order valence-corrected chi connectivity index (χ1v) is 7.14. The van der Waals surface area contributed by atoms with E-state index in [1.165, 1.54) is 5.56 Å². The monoisotopic (exact) mass is 276 g/mol. The van der Waals surface area contributed by atoms with Gasteiger partial charge in [0.05, 0.1) is 0 Å². The quantitative estimate of drug-likeness (QED) is 0.843. The van der Waals surface area contributed by atoms with Crippen molar-refractivity contribution in [3.05, 3.63) is 28.8 Å². The molecule has 0 atom stereocenters. The zero-order valence-electron chi connectivity index (χ0n) is 12.9. The van der Waals surface area contributed by atoms with E-state index in [0.717, 1.165) is 43.1 Å². The molecule has 0 saturated carbocycles. The van der Waals surface area contributed by atoms with Gasteiger partial charge in [-0.3, -0.25) is 4.79 Å². The van der Waals surface area contributed by atoms with E-state index in [0.29, 0.717) is 0 Å². The van der Waals surface area contributed by atoms with Crippen LogP contribution in [-0.2, 0) is 4.79 Å². The lowest BCUT2D eigenvalue weighted by Gasteiger charge is -2.32. The second-order valence-electron chi connectivity index (χ2n) is 5.70. The number of amides is 1. The van der Waals surface area contributed by atoms with Gasteiger partial charge in [0.1, 0.15) is 5.75 Å². The van der Waals surface area contributed by atoms with Gasteiger partial charge in [0.2, 0.25) is 0 Å². The fourth-order valence-electron chi connectivity index (χ4n) is 2.68. The molecule has 0 aliphatic carbocycles. The van der Waals surface area contributed by atoms with E-state index >= 15 is 0 Å². The molecule has 0 aromatic heterocycles. The Morgan fingerprint density at radius 3 is 2.20 bits per heavy atom. The van der Waals surface area contributed by atoms with E-state index in [1.807, 2.05) is 18.7 Å². The second kappa shape index (κ2) is 6.27. The van der Waals surface area contributed by atoms with Crippen LogP contribution in [0.2, 0.25) is 0 Å². The topological polar surface area (TPSA) is 32.8 Å². The molecule has 1 heterocycles. The maximum atomic E-state index is 12.2. The van der Waals surface area contributed by atoms with Crippen LogP contribution in [0.5, 0.6) is 5.75 Å². The summed E-state index contributed by atoms with van der Waals surface area (Å²) in [6, 6.07) is 4.17. The number of nitrogens with zero attached hydrogens (tertiary/aromatic N) is 2. The third-order valence-electron chi connectivity index (χ3n) is 3.80. The summed E-state index contributed by atoms with van der Waals surface area (Å²) < 4.78 is 5.76. The Balaban J connectivity index is 1.94. The SMILES string of the molecule is Cc1cc(C)c(OCC(=O)N2CCN(C)CC2)c(C)c1.